The van der Waals surface area contributed by atoms with Crippen LogP contribution in [-0.2, 0) is 15.6 Å². The van der Waals surface area contributed by atoms with Gasteiger partial charge in [0, 0.05) is 5.02 Å². The molecule has 0 aliphatic carbocycles. The van der Waals surface area contributed by atoms with E-state index in [0.717, 1.165) is 0 Å². The Morgan fingerprint density at radius 3 is 2.33 bits per heavy atom. The number of sulfone groups is 1. The predicted molar refractivity (Wildman–Crippen MR) is 67.7 cm³/mol. The lowest BCUT2D eigenvalue weighted by molar-refractivity contribution is -0.123. The summed E-state index contributed by atoms with van der Waals surface area (Å²) in [7, 11) is -3.89. The Labute approximate surface area is 116 Å². The minimum absolute atomic E-state index is 0.221. The van der Waals surface area contributed by atoms with Crippen molar-refractivity contribution in [3.05, 3.63) is 34.9 Å². The Kier molecular flexibility index (Phi) is 5.08. The number of alkyl halides is 4. The van der Waals surface area contributed by atoms with Crippen molar-refractivity contribution < 1.29 is 21.6 Å². The van der Waals surface area contributed by atoms with Crippen molar-refractivity contribution >= 4 is 37.4 Å². The molecule has 1 aromatic rings. The van der Waals surface area contributed by atoms with E-state index in [1.807, 2.05) is 0 Å². The molecule has 1 atom stereocenters. The van der Waals surface area contributed by atoms with Crippen LogP contribution < -0.4 is 0 Å². The van der Waals surface area contributed by atoms with Gasteiger partial charge in [0.25, 0.3) is 0 Å². The van der Waals surface area contributed by atoms with Crippen LogP contribution in [0.5, 0.6) is 0 Å². The molecule has 0 heterocycles. The standard InChI is InChI=1S/C10H9BrClF3O2S/c11-9(10(13,14)15)6-18(16,17)5-7-3-1-2-4-8(7)12/h1-4,9H,5-6H2. The molecule has 0 bridgehead atoms. The van der Waals surface area contributed by atoms with Crippen molar-refractivity contribution in [1.82, 2.24) is 0 Å². The highest BCUT2D eigenvalue weighted by atomic mass is 79.9. The first-order chi connectivity index (χ1) is 8.12. The molecule has 0 N–H and O–H groups in total. The van der Waals surface area contributed by atoms with Gasteiger partial charge in [0.2, 0.25) is 0 Å². The van der Waals surface area contributed by atoms with E-state index in [9.17, 15) is 21.6 Å². The van der Waals surface area contributed by atoms with Crippen LogP contribution in [0.1, 0.15) is 5.56 Å². The van der Waals surface area contributed by atoms with Gasteiger partial charge in [0.05, 0.1) is 11.5 Å². The van der Waals surface area contributed by atoms with Crippen molar-refractivity contribution in [2.45, 2.75) is 16.8 Å². The molecule has 18 heavy (non-hydrogen) atoms. The Balaban J connectivity index is 2.81. The molecular weight excluding hydrogens is 357 g/mol. The Morgan fingerprint density at radius 1 is 1.28 bits per heavy atom. The maximum atomic E-state index is 12.3. The van der Waals surface area contributed by atoms with E-state index in [2.05, 4.69) is 15.9 Å². The minimum atomic E-state index is -4.59. The molecule has 0 saturated carbocycles. The number of rotatable bonds is 4. The summed E-state index contributed by atoms with van der Waals surface area (Å²) in [5, 5.41) is 0.221. The molecule has 0 aliphatic heterocycles. The number of hydrogen-bond acceptors (Lipinski definition) is 2. The number of benzene rings is 1. The molecule has 0 radical (unpaired) electrons. The van der Waals surface area contributed by atoms with Gasteiger partial charge in [-0.3, -0.25) is 0 Å². The first kappa shape index (κ1) is 15.8. The summed E-state index contributed by atoms with van der Waals surface area (Å²) in [6.45, 7) is 0. The molecule has 1 unspecified atom stereocenters. The number of hydrogen-bond donors (Lipinski definition) is 0. The van der Waals surface area contributed by atoms with E-state index < -0.39 is 32.3 Å². The summed E-state index contributed by atoms with van der Waals surface area (Å²) >= 11 is 8.09. The predicted octanol–water partition coefficient (Wildman–Crippen LogP) is 3.58. The van der Waals surface area contributed by atoms with Gasteiger partial charge in [-0.15, -0.1) is 0 Å². The van der Waals surface area contributed by atoms with Gasteiger partial charge in [-0.25, -0.2) is 8.42 Å². The maximum Gasteiger partial charge on any atom is 0.402 e. The highest BCUT2D eigenvalue weighted by Gasteiger charge is 2.40. The van der Waals surface area contributed by atoms with Crippen molar-refractivity contribution in [2.24, 2.45) is 0 Å². The third kappa shape index (κ3) is 4.78. The SMILES string of the molecule is O=S(=O)(Cc1ccccc1Cl)CC(Br)C(F)(F)F. The molecule has 102 valence electrons. The molecule has 8 heteroatoms. The largest absolute Gasteiger partial charge is 0.402 e. The van der Waals surface area contributed by atoms with Crippen LogP contribution in [-0.4, -0.2) is 25.2 Å². The zero-order chi connectivity index (χ0) is 14.0. The van der Waals surface area contributed by atoms with Crippen LogP contribution in [0.3, 0.4) is 0 Å². The third-order valence-corrected chi connectivity index (χ3v) is 5.32. The summed E-state index contributed by atoms with van der Waals surface area (Å²) in [5.41, 5.74) is 0.293. The second kappa shape index (κ2) is 5.79. The van der Waals surface area contributed by atoms with Gasteiger partial charge in [0.1, 0.15) is 4.83 Å². The zero-order valence-corrected chi connectivity index (χ0v) is 12.1. The number of halogens is 5. The van der Waals surface area contributed by atoms with Crippen molar-refractivity contribution in [3.8, 4) is 0 Å². The smallest absolute Gasteiger partial charge is 0.228 e. The monoisotopic (exact) mass is 364 g/mol. The topological polar surface area (TPSA) is 34.1 Å². The summed E-state index contributed by atoms with van der Waals surface area (Å²) in [6.07, 6.45) is -4.59. The summed E-state index contributed by atoms with van der Waals surface area (Å²) in [6, 6.07) is 6.14. The third-order valence-electron chi connectivity index (χ3n) is 2.09. The average molecular weight is 366 g/mol. The van der Waals surface area contributed by atoms with Gasteiger partial charge in [-0.1, -0.05) is 45.7 Å². The molecule has 1 aromatic carbocycles. The van der Waals surface area contributed by atoms with Crippen molar-refractivity contribution in [1.29, 1.82) is 0 Å². The van der Waals surface area contributed by atoms with Gasteiger partial charge in [0.15, 0.2) is 9.84 Å². The zero-order valence-electron chi connectivity index (χ0n) is 8.92. The fourth-order valence-electron chi connectivity index (χ4n) is 1.23. The second-order valence-corrected chi connectivity index (χ2v) is 7.28. The van der Waals surface area contributed by atoms with E-state index in [1.165, 1.54) is 12.1 Å². The Morgan fingerprint density at radius 2 is 1.83 bits per heavy atom. The van der Waals surface area contributed by atoms with Crippen LogP contribution in [0.25, 0.3) is 0 Å². The Bertz CT molecular complexity index is 516. The molecule has 0 spiro atoms. The summed E-state index contributed by atoms with van der Waals surface area (Å²) in [5.74, 6) is -1.52. The average Bonchev–Trinajstić information content (AvgIpc) is 2.19. The maximum absolute atomic E-state index is 12.3. The van der Waals surface area contributed by atoms with Crippen LogP contribution >= 0.6 is 27.5 Å². The molecule has 2 nitrogen and oxygen atoms in total. The van der Waals surface area contributed by atoms with Crippen LogP contribution in [0.15, 0.2) is 24.3 Å². The van der Waals surface area contributed by atoms with Crippen molar-refractivity contribution in [2.75, 3.05) is 5.75 Å². The lowest BCUT2D eigenvalue weighted by Crippen LogP contribution is -2.31. The first-order valence-corrected chi connectivity index (χ1v) is 7.88. The molecule has 0 amide bonds. The first-order valence-electron chi connectivity index (χ1n) is 4.76. The van der Waals surface area contributed by atoms with Crippen molar-refractivity contribution in [3.63, 3.8) is 0 Å². The van der Waals surface area contributed by atoms with E-state index >= 15 is 0 Å². The molecule has 0 aliphatic rings. The van der Waals surface area contributed by atoms with Gasteiger partial charge >= 0.3 is 6.18 Å². The lowest BCUT2D eigenvalue weighted by atomic mass is 10.2. The molecule has 1 rings (SSSR count). The molecular formula is C10H9BrClF3O2S. The highest BCUT2D eigenvalue weighted by molar-refractivity contribution is 9.09. The van der Waals surface area contributed by atoms with Crippen LogP contribution in [0.4, 0.5) is 13.2 Å². The van der Waals surface area contributed by atoms with Crippen LogP contribution in [0.2, 0.25) is 5.02 Å². The van der Waals surface area contributed by atoms with E-state index in [4.69, 9.17) is 11.6 Å². The normalized spacial score (nSPS) is 14.5. The van der Waals surface area contributed by atoms with Crippen LogP contribution in [0, 0.1) is 0 Å². The van der Waals surface area contributed by atoms with E-state index in [0.29, 0.717) is 5.56 Å². The van der Waals surface area contributed by atoms with E-state index in [1.54, 1.807) is 12.1 Å². The summed E-state index contributed by atoms with van der Waals surface area (Å²) < 4.78 is 60.0. The fraction of sp³-hybridized carbons (Fsp3) is 0.400. The second-order valence-electron chi connectivity index (χ2n) is 3.66. The quantitative estimate of drug-likeness (QED) is 0.764. The Hall–Kier alpha value is -0.270. The fourth-order valence-corrected chi connectivity index (χ4v) is 4.20. The van der Waals surface area contributed by atoms with Gasteiger partial charge in [-0.2, -0.15) is 13.2 Å². The van der Waals surface area contributed by atoms with Gasteiger partial charge in [-0.05, 0) is 11.6 Å². The highest BCUT2D eigenvalue weighted by Crippen LogP contribution is 2.28. The van der Waals surface area contributed by atoms with Gasteiger partial charge < -0.3 is 0 Å². The lowest BCUT2D eigenvalue weighted by Gasteiger charge is -2.14. The molecule has 0 aromatic heterocycles. The van der Waals surface area contributed by atoms with E-state index in [-0.39, 0.29) is 5.02 Å². The molecule has 0 saturated heterocycles. The minimum Gasteiger partial charge on any atom is -0.228 e. The molecule has 0 fully saturated rings. The summed E-state index contributed by atoms with van der Waals surface area (Å²) in [4.78, 5) is -2.07.